The molecule has 6 nitrogen and oxygen atoms in total. The van der Waals surface area contributed by atoms with Gasteiger partial charge in [-0.1, -0.05) is 12.8 Å². The third kappa shape index (κ3) is 11.6. The van der Waals surface area contributed by atoms with Crippen LogP contribution >= 0.6 is 0 Å². The minimum Gasteiger partial charge on any atom is -0.356 e. The number of nitrogens with one attached hydrogen (secondary N) is 2. The molecule has 152 valence electrons. The van der Waals surface area contributed by atoms with E-state index in [1.165, 1.54) is 12.8 Å². The Hall–Kier alpha value is -1.72. The summed E-state index contributed by atoms with van der Waals surface area (Å²) in [6, 6.07) is 0.358. The molecule has 0 saturated heterocycles. The number of Topliss-reactive ketones (excluding diaryl/α,β-unsaturated/α-hetero) is 2. The number of hydrogen-bond donors (Lipinski definition) is 2. The molecule has 0 heterocycles. The lowest BCUT2D eigenvalue weighted by Gasteiger charge is -2.05. The summed E-state index contributed by atoms with van der Waals surface area (Å²) in [7, 11) is 0. The third-order valence-electron chi connectivity index (χ3n) is 5.12. The van der Waals surface area contributed by atoms with Crippen molar-refractivity contribution in [2.45, 2.75) is 95.9 Å². The first-order valence-electron chi connectivity index (χ1n) is 10.6. The van der Waals surface area contributed by atoms with Gasteiger partial charge in [0.15, 0.2) is 0 Å². The zero-order valence-electron chi connectivity index (χ0n) is 16.4. The number of rotatable bonds is 16. The van der Waals surface area contributed by atoms with Gasteiger partial charge in [0.25, 0.3) is 0 Å². The van der Waals surface area contributed by atoms with Crippen LogP contribution in [0.2, 0.25) is 0 Å². The van der Waals surface area contributed by atoms with Crippen LogP contribution in [0.1, 0.15) is 89.9 Å². The topological polar surface area (TPSA) is 92.3 Å². The van der Waals surface area contributed by atoms with Crippen LogP contribution in [0.5, 0.6) is 0 Å². The number of carbonyl (C=O) groups excluding carboxylic acids is 4. The Kier molecular flexibility index (Phi) is 9.50. The Balaban J connectivity index is 1.34. The molecule has 2 amide bonds. The van der Waals surface area contributed by atoms with Crippen molar-refractivity contribution in [3.05, 3.63) is 0 Å². The molecule has 0 bridgehead atoms. The lowest BCUT2D eigenvalue weighted by atomic mass is 10.1. The molecule has 0 aromatic rings. The minimum atomic E-state index is -0.0428. The first-order chi connectivity index (χ1) is 13.0. The van der Waals surface area contributed by atoms with Crippen molar-refractivity contribution in [3.63, 3.8) is 0 Å². The molecule has 2 rings (SSSR count). The van der Waals surface area contributed by atoms with Crippen molar-refractivity contribution in [3.8, 4) is 0 Å². The summed E-state index contributed by atoms with van der Waals surface area (Å²) in [5.41, 5.74) is 0. The SMILES string of the molecule is O=C(CCCCCCNC(=O)CCC(=O)CC1CC1)CCC(=O)NC1CC1. The maximum absolute atomic E-state index is 11.8. The molecule has 2 saturated carbocycles. The van der Waals surface area contributed by atoms with Gasteiger partial charge in [-0.2, -0.15) is 0 Å². The molecule has 0 spiro atoms. The molecule has 0 aliphatic heterocycles. The molecule has 2 aliphatic carbocycles. The molecule has 6 heteroatoms. The van der Waals surface area contributed by atoms with E-state index in [1.807, 2.05) is 0 Å². The van der Waals surface area contributed by atoms with Crippen LogP contribution in [0.4, 0.5) is 0 Å². The van der Waals surface area contributed by atoms with Crippen LogP contribution in [0, 0.1) is 5.92 Å². The molecule has 2 N–H and O–H groups in total. The van der Waals surface area contributed by atoms with Gasteiger partial charge >= 0.3 is 0 Å². The molecule has 2 aliphatic rings. The summed E-state index contributed by atoms with van der Waals surface area (Å²) in [5.74, 6) is 0.911. The maximum Gasteiger partial charge on any atom is 0.220 e. The van der Waals surface area contributed by atoms with E-state index in [9.17, 15) is 19.2 Å². The Morgan fingerprint density at radius 2 is 1.33 bits per heavy atom. The Bertz CT molecular complexity index is 478. The molecule has 2 fully saturated rings. The van der Waals surface area contributed by atoms with Crippen LogP contribution in [0.15, 0.2) is 0 Å². The molecule has 0 aromatic heterocycles. The quantitative estimate of drug-likeness (QED) is 0.404. The fraction of sp³-hybridized carbons (Fsp3) is 0.810. The second-order valence-electron chi connectivity index (χ2n) is 8.08. The van der Waals surface area contributed by atoms with E-state index in [0.29, 0.717) is 57.0 Å². The number of carbonyl (C=O) groups is 4. The van der Waals surface area contributed by atoms with Gasteiger partial charge in [0, 0.05) is 51.1 Å². The summed E-state index contributed by atoms with van der Waals surface area (Å²) in [5, 5.41) is 5.75. The number of ketones is 2. The number of hydrogen-bond acceptors (Lipinski definition) is 4. The average molecular weight is 379 g/mol. The largest absolute Gasteiger partial charge is 0.356 e. The van der Waals surface area contributed by atoms with Gasteiger partial charge in [-0.15, -0.1) is 0 Å². The molecule has 0 radical (unpaired) electrons. The van der Waals surface area contributed by atoms with Crippen LogP contribution in [-0.4, -0.2) is 36.0 Å². The predicted octanol–water partition coefficient (Wildman–Crippen LogP) is 2.83. The first kappa shape index (κ1) is 21.6. The smallest absolute Gasteiger partial charge is 0.220 e. The second-order valence-corrected chi connectivity index (χ2v) is 8.08. The van der Waals surface area contributed by atoms with Crippen LogP contribution in [0.25, 0.3) is 0 Å². The summed E-state index contributed by atoms with van der Waals surface area (Å²) in [4.78, 5) is 46.6. The maximum atomic E-state index is 11.8. The molecule has 27 heavy (non-hydrogen) atoms. The third-order valence-corrected chi connectivity index (χ3v) is 5.12. The van der Waals surface area contributed by atoms with E-state index in [1.54, 1.807) is 0 Å². The summed E-state index contributed by atoms with van der Waals surface area (Å²) in [6.07, 6.45) is 10.6. The zero-order chi connectivity index (χ0) is 19.5. The summed E-state index contributed by atoms with van der Waals surface area (Å²) >= 11 is 0. The molecular weight excluding hydrogens is 344 g/mol. The Morgan fingerprint density at radius 1 is 0.667 bits per heavy atom. The standard InChI is InChI=1S/C21H34N2O4/c24-18(10-13-21(27)23-17-8-9-17)5-3-1-2-4-14-22-20(26)12-11-19(25)15-16-6-7-16/h16-17H,1-15H2,(H,22,26)(H,23,27). The van der Waals surface area contributed by atoms with Gasteiger partial charge in [-0.3, -0.25) is 19.2 Å². The number of unbranched alkanes of at least 4 members (excludes halogenated alkanes) is 3. The molecule has 0 unspecified atom stereocenters. The van der Waals surface area contributed by atoms with Crippen molar-refractivity contribution in [1.29, 1.82) is 0 Å². The van der Waals surface area contributed by atoms with E-state index >= 15 is 0 Å². The van der Waals surface area contributed by atoms with Crippen molar-refractivity contribution in [2.24, 2.45) is 5.92 Å². The highest BCUT2D eigenvalue weighted by Crippen LogP contribution is 2.32. The fourth-order valence-corrected chi connectivity index (χ4v) is 3.02. The van der Waals surface area contributed by atoms with Gasteiger partial charge in [0.1, 0.15) is 11.6 Å². The normalized spacial score (nSPS) is 16.0. The first-order valence-corrected chi connectivity index (χ1v) is 10.6. The minimum absolute atomic E-state index is 0.00386. The van der Waals surface area contributed by atoms with E-state index in [-0.39, 0.29) is 23.4 Å². The zero-order valence-corrected chi connectivity index (χ0v) is 16.4. The van der Waals surface area contributed by atoms with Crippen LogP contribution in [0.3, 0.4) is 0 Å². The highest BCUT2D eigenvalue weighted by atomic mass is 16.2. The highest BCUT2D eigenvalue weighted by Gasteiger charge is 2.24. The van der Waals surface area contributed by atoms with Gasteiger partial charge in [-0.05, 0) is 44.4 Å². The van der Waals surface area contributed by atoms with Crippen LogP contribution in [-0.2, 0) is 19.2 Å². The molecular formula is C21H34N2O4. The predicted molar refractivity (Wildman–Crippen MR) is 103 cm³/mol. The summed E-state index contributed by atoms with van der Waals surface area (Å²) in [6.45, 7) is 0.630. The van der Waals surface area contributed by atoms with Crippen LogP contribution < -0.4 is 10.6 Å². The lowest BCUT2D eigenvalue weighted by Crippen LogP contribution is -2.25. The van der Waals surface area contributed by atoms with Gasteiger partial charge in [0.2, 0.25) is 11.8 Å². The number of amides is 2. The molecule has 0 atom stereocenters. The van der Waals surface area contributed by atoms with E-state index in [2.05, 4.69) is 10.6 Å². The summed E-state index contributed by atoms with van der Waals surface area (Å²) < 4.78 is 0. The highest BCUT2D eigenvalue weighted by molar-refractivity contribution is 5.85. The van der Waals surface area contributed by atoms with Crippen molar-refractivity contribution < 1.29 is 19.2 Å². The van der Waals surface area contributed by atoms with E-state index in [4.69, 9.17) is 0 Å². The lowest BCUT2D eigenvalue weighted by molar-refractivity contribution is -0.125. The van der Waals surface area contributed by atoms with Crippen molar-refractivity contribution in [2.75, 3.05) is 6.54 Å². The van der Waals surface area contributed by atoms with Crippen molar-refractivity contribution in [1.82, 2.24) is 10.6 Å². The monoisotopic (exact) mass is 378 g/mol. The Morgan fingerprint density at radius 3 is 2.04 bits per heavy atom. The fourth-order valence-electron chi connectivity index (χ4n) is 3.02. The van der Waals surface area contributed by atoms with E-state index in [0.717, 1.165) is 38.5 Å². The van der Waals surface area contributed by atoms with Gasteiger partial charge in [0.05, 0.1) is 0 Å². The van der Waals surface area contributed by atoms with Crippen molar-refractivity contribution >= 4 is 23.4 Å². The Labute approximate surface area is 162 Å². The second kappa shape index (κ2) is 11.9. The molecule has 0 aromatic carbocycles. The van der Waals surface area contributed by atoms with E-state index < -0.39 is 0 Å². The van der Waals surface area contributed by atoms with Gasteiger partial charge < -0.3 is 10.6 Å². The van der Waals surface area contributed by atoms with Gasteiger partial charge in [-0.25, -0.2) is 0 Å². The average Bonchev–Trinajstić information content (AvgIpc) is 3.54.